The van der Waals surface area contributed by atoms with E-state index in [1.54, 1.807) is 0 Å². The summed E-state index contributed by atoms with van der Waals surface area (Å²) in [7, 11) is 0. The van der Waals surface area contributed by atoms with Gasteiger partial charge in [0.2, 0.25) is 0 Å². The lowest BCUT2D eigenvalue weighted by molar-refractivity contribution is 0.589. The summed E-state index contributed by atoms with van der Waals surface area (Å²) in [6.45, 7) is 6.76. The Morgan fingerprint density at radius 1 is 1.05 bits per heavy atom. The monoisotopic (exact) mass is 329 g/mol. The van der Waals surface area contributed by atoms with Crippen molar-refractivity contribution in [1.82, 2.24) is 0 Å². The Kier molecular flexibility index (Phi) is 3.37. The first kappa shape index (κ1) is 13.7. The molecular weight excluding hydrogens is 310 g/mol. The van der Waals surface area contributed by atoms with Crippen molar-refractivity contribution >= 4 is 21.6 Å². The van der Waals surface area contributed by atoms with Gasteiger partial charge in [-0.1, -0.05) is 67.0 Å². The van der Waals surface area contributed by atoms with Crippen molar-refractivity contribution in [2.24, 2.45) is 0 Å². The average molecular weight is 330 g/mol. The lowest BCUT2D eigenvalue weighted by Gasteiger charge is -2.20. The van der Waals surface area contributed by atoms with Crippen LogP contribution in [-0.2, 0) is 11.8 Å². The molecule has 1 atom stereocenters. The molecule has 1 heterocycles. The molecule has 104 valence electrons. The molecule has 0 bridgehead atoms. The molecule has 0 saturated carbocycles. The van der Waals surface area contributed by atoms with E-state index in [1.165, 1.54) is 22.4 Å². The molecule has 1 unspecified atom stereocenters. The fourth-order valence-electron chi connectivity index (χ4n) is 2.74. The standard InChI is InChI=1S/C18H20BrN/c1-18(2,3)14-7-4-12(5-8-14)16-10-13-6-9-15(19)11-17(13)20-16/h4-9,11,16,20H,10H2,1-3H3. The summed E-state index contributed by atoms with van der Waals surface area (Å²) in [6.07, 6.45) is 1.07. The van der Waals surface area contributed by atoms with Crippen LogP contribution in [0.15, 0.2) is 46.9 Å². The molecule has 1 aliphatic rings. The number of rotatable bonds is 1. The normalized spacial score (nSPS) is 17.7. The second kappa shape index (κ2) is 4.92. The molecule has 0 fully saturated rings. The molecule has 0 saturated heterocycles. The molecule has 1 nitrogen and oxygen atoms in total. The second-order valence-corrected chi connectivity index (χ2v) is 7.49. The maximum atomic E-state index is 3.62. The maximum Gasteiger partial charge on any atom is 0.0555 e. The highest BCUT2D eigenvalue weighted by atomic mass is 79.9. The van der Waals surface area contributed by atoms with Crippen LogP contribution in [0.3, 0.4) is 0 Å². The molecule has 1 N–H and O–H groups in total. The lowest BCUT2D eigenvalue weighted by atomic mass is 9.86. The molecule has 0 aliphatic carbocycles. The van der Waals surface area contributed by atoms with Gasteiger partial charge < -0.3 is 5.32 Å². The van der Waals surface area contributed by atoms with E-state index in [0.29, 0.717) is 6.04 Å². The summed E-state index contributed by atoms with van der Waals surface area (Å²) < 4.78 is 1.13. The van der Waals surface area contributed by atoms with E-state index in [0.717, 1.165) is 10.9 Å². The zero-order valence-electron chi connectivity index (χ0n) is 12.2. The van der Waals surface area contributed by atoms with Crippen molar-refractivity contribution < 1.29 is 0 Å². The van der Waals surface area contributed by atoms with Gasteiger partial charge in [0.05, 0.1) is 6.04 Å². The molecule has 3 rings (SSSR count). The number of benzene rings is 2. The zero-order chi connectivity index (χ0) is 14.3. The van der Waals surface area contributed by atoms with Gasteiger partial charge in [0.1, 0.15) is 0 Å². The third kappa shape index (κ3) is 2.62. The minimum atomic E-state index is 0.218. The van der Waals surface area contributed by atoms with E-state index < -0.39 is 0 Å². The molecule has 1 aliphatic heterocycles. The Morgan fingerprint density at radius 3 is 2.40 bits per heavy atom. The average Bonchev–Trinajstić information content (AvgIpc) is 2.80. The van der Waals surface area contributed by atoms with E-state index in [2.05, 4.69) is 84.5 Å². The summed E-state index contributed by atoms with van der Waals surface area (Å²) in [5.74, 6) is 0. The van der Waals surface area contributed by atoms with Crippen LogP contribution >= 0.6 is 15.9 Å². The summed E-state index contributed by atoms with van der Waals surface area (Å²) in [5, 5.41) is 3.62. The molecule has 2 aromatic rings. The number of nitrogens with one attached hydrogen (secondary N) is 1. The molecule has 0 amide bonds. The summed E-state index contributed by atoms with van der Waals surface area (Å²) in [5.41, 5.74) is 5.63. The Labute approximate surface area is 129 Å². The van der Waals surface area contributed by atoms with Gasteiger partial charge in [-0.2, -0.15) is 0 Å². The van der Waals surface area contributed by atoms with Gasteiger partial charge in [0.25, 0.3) is 0 Å². The molecule has 0 spiro atoms. The molecular formula is C18H20BrN. The van der Waals surface area contributed by atoms with Crippen LogP contribution in [0.4, 0.5) is 5.69 Å². The van der Waals surface area contributed by atoms with Gasteiger partial charge in [0, 0.05) is 10.2 Å². The molecule has 20 heavy (non-hydrogen) atoms. The zero-order valence-corrected chi connectivity index (χ0v) is 13.8. The number of anilines is 1. The van der Waals surface area contributed by atoms with Crippen LogP contribution in [0.1, 0.15) is 43.5 Å². The van der Waals surface area contributed by atoms with E-state index in [4.69, 9.17) is 0 Å². The Hall–Kier alpha value is -1.28. The fraction of sp³-hybridized carbons (Fsp3) is 0.333. The van der Waals surface area contributed by atoms with Gasteiger partial charge >= 0.3 is 0 Å². The van der Waals surface area contributed by atoms with Gasteiger partial charge in [-0.05, 0) is 40.7 Å². The van der Waals surface area contributed by atoms with Crippen molar-refractivity contribution in [1.29, 1.82) is 0 Å². The number of hydrogen-bond acceptors (Lipinski definition) is 1. The predicted molar refractivity (Wildman–Crippen MR) is 89.4 cm³/mol. The van der Waals surface area contributed by atoms with Gasteiger partial charge in [-0.3, -0.25) is 0 Å². The number of fused-ring (bicyclic) bond motifs is 1. The van der Waals surface area contributed by atoms with E-state index in [1.807, 2.05) is 0 Å². The van der Waals surface area contributed by atoms with E-state index >= 15 is 0 Å². The first-order chi connectivity index (χ1) is 9.43. The summed E-state index contributed by atoms with van der Waals surface area (Å²) in [6, 6.07) is 15.9. The quantitative estimate of drug-likeness (QED) is 0.732. The first-order valence-corrected chi connectivity index (χ1v) is 7.88. The smallest absolute Gasteiger partial charge is 0.0555 e. The largest absolute Gasteiger partial charge is 0.378 e. The molecule has 2 aromatic carbocycles. The minimum Gasteiger partial charge on any atom is -0.378 e. The highest BCUT2D eigenvalue weighted by Crippen LogP contribution is 2.36. The number of halogens is 1. The van der Waals surface area contributed by atoms with Crippen LogP contribution in [0.25, 0.3) is 0 Å². The molecule has 0 radical (unpaired) electrons. The Bertz CT molecular complexity index is 623. The number of hydrogen-bond donors (Lipinski definition) is 1. The predicted octanol–water partition coefficient (Wildman–Crippen LogP) is 5.46. The topological polar surface area (TPSA) is 12.0 Å². The Balaban J connectivity index is 1.83. The van der Waals surface area contributed by atoms with Crippen LogP contribution in [0.5, 0.6) is 0 Å². The maximum absolute atomic E-state index is 3.62. The SMILES string of the molecule is CC(C)(C)c1ccc(C2Cc3ccc(Br)cc3N2)cc1. The minimum absolute atomic E-state index is 0.218. The third-order valence-electron chi connectivity index (χ3n) is 4.00. The highest BCUT2D eigenvalue weighted by Gasteiger charge is 2.22. The van der Waals surface area contributed by atoms with E-state index in [-0.39, 0.29) is 5.41 Å². The van der Waals surface area contributed by atoms with E-state index in [9.17, 15) is 0 Å². The van der Waals surface area contributed by atoms with Crippen LogP contribution in [-0.4, -0.2) is 0 Å². The van der Waals surface area contributed by atoms with Crippen LogP contribution in [0, 0.1) is 0 Å². The Morgan fingerprint density at radius 2 is 1.75 bits per heavy atom. The van der Waals surface area contributed by atoms with Crippen LogP contribution in [0.2, 0.25) is 0 Å². The van der Waals surface area contributed by atoms with Crippen molar-refractivity contribution in [3.63, 3.8) is 0 Å². The van der Waals surface area contributed by atoms with Gasteiger partial charge in [0.15, 0.2) is 0 Å². The van der Waals surface area contributed by atoms with Crippen molar-refractivity contribution in [3.8, 4) is 0 Å². The van der Waals surface area contributed by atoms with Crippen molar-refractivity contribution in [3.05, 3.63) is 63.6 Å². The van der Waals surface area contributed by atoms with Crippen molar-refractivity contribution in [2.75, 3.05) is 5.32 Å². The first-order valence-electron chi connectivity index (χ1n) is 7.09. The fourth-order valence-corrected chi connectivity index (χ4v) is 3.10. The van der Waals surface area contributed by atoms with Crippen molar-refractivity contribution in [2.45, 2.75) is 38.6 Å². The lowest BCUT2D eigenvalue weighted by Crippen LogP contribution is -2.12. The van der Waals surface area contributed by atoms with Gasteiger partial charge in [-0.25, -0.2) is 0 Å². The summed E-state index contributed by atoms with van der Waals surface area (Å²) >= 11 is 3.53. The third-order valence-corrected chi connectivity index (χ3v) is 4.50. The second-order valence-electron chi connectivity index (χ2n) is 6.57. The van der Waals surface area contributed by atoms with Gasteiger partial charge in [-0.15, -0.1) is 0 Å². The highest BCUT2D eigenvalue weighted by molar-refractivity contribution is 9.10. The molecule has 0 aromatic heterocycles. The molecule has 2 heteroatoms. The van der Waals surface area contributed by atoms with Crippen LogP contribution < -0.4 is 5.32 Å². The summed E-state index contributed by atoms with van der Waals surface area (Å²) in [4.78, 5) is 0.